The molecular formula is C26H22Cl2N4O. The molecule has 0 radical (unpaired) electrons. The van der Waals surface area contributed by atoms with Crippen LogP contribution in [0.25, 0.3) is 33.5 Å². The Labute approximate surface area is 203 Å². The number of para-hydroxylation sites is 2. The molecule has 0 aliphatic carbocycles. The first-order valence-electron chi connectivity index (χ1n) is 10.8. The van der Waals surface area contributed by atoms with Crippen LogP contribution in [0.1, 0.15) is 0 Å². The maximum absolute atomic E-state index is 6.43. The largest absolute Gasteiger partial charge is 0.450 e. The molecule has 1 fully saturated rings. The van der Waals surface area contributed by atoms with Gasteiger partial charge in [-0.15, -0.1) is 12.4 Å². The fourth-order valence-corrected chi connectivity index (χ4v) is 4.63. The first-order chi connectivity index (χ1) is 15.8. The molecular weight excluding hydrogens is 455 g/mol. The number of benzene rings is 3. The summed E-state index contributed by atoms with van der Waals surface area (Å²) in [7, 11) is 0. The van der Waals surface area contributed by atoms with E-state index in [1.807, 2.05) is 66.7 Å². The van der Waals surface area contributed by atoms with E-state index in [1.54, 1.807) is 0 Å². The van der Waals surface area contributed by atoms with Crippen LogP contribution in [0.2, 0.25) is 5.02 Å². The lowest BCUT2D eigenvalue weighted by Gasteiger charge is -2.37. The van der Waals surface area contributed by atoms with Crippen molar-refractivity contribution in [1.29, 1.82) is 0 Å². The Morgan fingerprint density at radius 1 is 0.727 bits per heavy atom. The molecule has 7 heteroatoms. The fourth-order valence-electron chi connectivity index (χ4n) is 4.37. The van der Waals surface area contributed by atoms with E-state index in [-0.39, 0.29) is 12.4 Å². The van der Waals surface area contributed by atoms with Crippen LogP contribution < -0.4 is 9.80 Å². The van der Waals surface area contributed by atoms with Crippen LogP contribution in [0.15, 0.2) is 83.3 Å². The van der Waals surface area contributed by atoms with Crippen molar-refractivity contribution in [3.63, 3.8) is 0 Å². The lowest BCUT2D eigenvalue weighted by molar-refractivity contribution is 0.629. The summed E-state index contributed by atoms with van der Waals surface area (Å²) in [6.07, 6.45) is 0. The molecule has 0 bridgehead atoms. The van der Waals surface area contributed by atoms with E-state index in [4.69, 9.17) is 26.0 Å². The van der Waals surface area contributed by atoms with Gasteiger partial charge in [-0.2, -0.15) is 0 Å². The lowest BCUT2D eigenvalue weighted by atomic mass is 10.2. The third-order valence-corrected chi connectivity index (χ3v) is 6.33. The van der Waals surface area contributed by atoms with Crippen molar-refractivity contribution in [3.8, 4) is 11.4 Å². The lowest BCUT2D eigenvalue weighted by Crippen LogP contribution is -2.47. The number of piperazine rings is 1. The van der Waals surface area contributed by atoms with E-state index < -0.39 is 0 Å². The van der Waals surface area contributed by atoms with Gasteiger partial charge < -0.3 is 14.2 Å². The van der Waals surface area contributed by atoms with Gasteiger partial charge in [0.15, 0.2) is 17.2 Å². The quantitative estimate of drug-likeness (QED) is 0.299. The van der Waals surface area contributed by atoms with Crippen molar-refractivity contribution in [3.05, 3.63) is 83.9 Å². The Morgan fingerprint density at radius 2 is 1.39 bits per heavy atom. The summed E-state index contributed by atoms with van der Waals surface area (Å²) in [6, 6.07) is 26.2. The van der Waals surface area contributed by atoms with Crippen LogP contribution in [-0.2, 0) is 0 Å². The Balaban J connectivity index is 0.00000228. The molecule has 166 valence electrons. The van der Waals surface area contributed by atoms with Crippen LogP contribution in [-0.4, -0.2) is 36.1 Å². The Morgan fingerprint density at radius 3 is 2.18 bits per heavy atom. The van der Waals surface area contributed by atoms with Gasteiger partial charge in [0.05, 0.1) is 10.7 Å². The summed E-state index contributed by atoms with van der Waals surface area (Å²) in [4.78, 5) is 14.5. The van der Waals surface area contributed by atoms with E-state index >= 15 is 0 Å². The van der Waals surface area contributed by atoms with Crippen molar-refractivity contribution in [2.24, 2.45) is 0 Å². The number of hydrogen-bond acceptors (Lipinski definition) is 5. The third kappa shape index (κ3) is 3.88. The number of anilines is 2. The van der Waals surface area contributed by atoms with Gasteiger partial charge >= 0.3 is 0 Å². The summed E-state index contributed by atoms with van der Waals surface area (Å²) in [6.45, 7) is 3.36. The Kier molecular flexibility index (Phi) is 5.83. The topological polar surface area (TPSA) is 45.4 Å². The van der Waals surface area contributed by atoms with Gasteiger partial charge in [-0.3, -0.25) is 0 Å². The normalized spacial score (nSPS) is 14.0. The van der Waals surface area contributed by atoms with Gasteiger partial charge in [-0.05, 0) is 24.3 Å². The first-order valence-corrected chi connectivity index (χ1v) is 11.1. The van der Waals surface area contributed by atoms with Crippen LogP contribution in [0.4, 0.5) is 11.5 Å². The number of halogens is 2. The van der Waals surface area contributed by atoms with Crippen molar-refractivity contribution < 1.29 is 4.42 Å². The maximum atomic E-state index is 6.43. The predicted molar refractivity (Wildman–Crippen MR) is 138 cm³/mol. The van der Waals surface area contributed by atoms with Crippen LogP contribution >= 0.6 is 24.0 Å². The molecule has 0 amide bonds. The van der Waals surface area contributed by atoms with Crippen LogP contribution in [0.5, 0.6) is 0 Å². The SMILES string of the molecule is Cl.Clc1ccccc1N1CCN(c2nc(-c3ccccc3)nc3c2oc2ccccc23)CC1. The number of fused-ring (bicyclic) bond motifs is 3. The molecule has 0 atom stereocenters. The van der Waals surface area contributed by atoms with Crippen molar-refractivity contribution in [1.82, 2.24) is 9.97 Å². The molecule has 3 heterocycles. The van der Waals surface area contributed by atoms with E-state index in [9.17, 15) is 0 Å². The van der Waals surface area contributed by atoms with Crippen LogP contribution in [0.3, 0.4) is 0 Å². The average molecular weight is 477 g/mol. The highest BCUT2D eigenvalue weighted by atomic mass is 35.5. The molecule has 1 saturated heterocycles. The molecule has 6 rings (SSSR count). The third-order valence-electron chi connectivity index (χ3n) is 6.01. The average Bonchev–Trinajstić information content (AvgIpc) is 3.23. The van der Waals surface area contributed by atoms with Gasteiger partial charge in [0, 0.05) is 37.1 Å². The monoisotopic (exact) mass is 476 g/mol. The maximum Gasteiger partial charge on any atom is 0.196 e. The van der Waals surface area contributed by atoms with E-state index in [2.05, 4.69) is 21.9 Å². The molecule has 0 unspecified atom stereocenters. The molecule has 0 spiro atoms. The molecule has 1 aliphatic rings. The molecule has 5 aromatic rings. The minimum absolute atomic E-state index is 0. The Hall–Kier alpha value is -3.28. The molecule has 2 aromatic heterocycles. The molecule has 5 nitrogen and oxygen atoms in total. The van der Waals surface area contributed by atoms with E-state index in [1.165, 1.54) is 0 Å². The van der Waals surface area contributed by atoms with E-state index in [0.29, 0.717) is 5.82 Å². The standard InChI is InChI=1S/C26H21ClN4O.ClH/c27-20-11-5-6-12-21(20)30-14-16-31(17-15-30)26-24-23(19-10-4-7-13-22(19)32-24)28-25(29-26)18-8-2-1-3-9-18;/h1-13H,14-17H2;1H. The smallest absolute Gasteiger partial charge is 0.196 e. The van der Waals surface area contributed by atoms with Gasteiger partial charge in [0.2, 0.25) is 0 Å². The number of furan rings is 1. The minimum Gasteiger partial charge on any atom is -0.450 e. The minimum atomic E-state index is 0. The summed E-state index contributed by atoms with van der Waals surface area (Å²) in [5, 5.41) is 1.80. The summed E-state index contributed by atoms with van der Waals surface area (Å²) >= 11 is 6.43. The van der Waals surface area contributed by atoms with Crippen LogP contribution in [0, 0.1) is 0 Å². The van der Waals surface area contributed by atoms with Crippen molar-refractivity contribution in [2.75, 3.05) is 36.0 Å². The first kappa shape index (κ1) is 21.6. The second-order valence-corrected chi connectivity index (χ2v) is 8.35. The number of rotatable bonds is 3. The molecule has 33 heavy (non-hydrogen) atoms. The zero-order valence-electron chi connectivity index (χ0n) is 17.8. The van der Waals surface area contributed by atoms with Gasteiger partial charge in [0.1, 0.15) is 11.1 Å². The second-order valence-electron chi connectivity index (χ2n) is 7.94. The second kappa shape index (κ2) is 8.93. The highest BCUT2D eigenvalue weighted by Crippen LogP contribution is 2.35. The highest BCUT2D eigenvalue weighted by molar-refractivity contribution is 6.33. The fraction of sp³-hybridized carbons (Fsp3) is 0.154. The number of hydrogen-bond donors (Lipinski definition) is 0. The Bertz CT molecular complexity index is 1410. The van der Waals surface area contributed by atoms with Gasteiger partial charge in [0.25, 0.3) is 0 Å². The molecule has 3 aromatic carbocycles. The van der Waals surface area contributed by atoms with E-state index in [0.717, 1.165) is 70.3 Å². The molecule has 0 saturated carbocycles. The van der Waals surface area contributed by atoms with Crippen molar-refractivity contribution in [2.45, 2.75) is 0 Å². The van der Waals surface area contributed by atoms with Crippen molar-refractivity contribution >= 4 is 57.6 Å². The van der Waals surface area contributed by atoms with Gasteiger partial charge in [-0.1, -0.05) is 66.2 Å². The summed E-state index contributed by atoms with van der Waals surface area (Å²) in [5.74, 6) is 1.57. The molecule has 0 N–H and O–H groups in total. The van der Waals surface area contributed by atoms with Gasteiger partial charge in [-0.25, -0.2) is 9.97 Å². The highest BCUT2D eigenvalue weighted by Gasteiger charge is 2.25. The number of aromatic nitrogens is 2. The number of nitrogens with zero attached hydrogens (tertiary/aromatic N) is 4. The summed E-state index contributed by atoms with van der Waals surface area (Å²) in [5.41, 5.74) is 4.51. The predicted octanol–water partition coefficient (Wildman–Crippen LogP) is 6.44. The molecule has 1 aliphatic heterocycles. The zero-order valence-corrected chi connectivity index (χ0v) is 19.4. The summed E-state index contributed by atoms with van der Waals surface area (Å²) < 4.78 is 6.26. The zero-order chi connectivity index (χ0) is 21.5.